The lowest BCUT2D eigenvalue weighted by molar-refractivity contribution is -0.126. The second kappa shape index (κ2) is 10.1. The largest absolute Gasteiger partial charge is 0.454 e. The van der Waals surface area contributed by atoms with Crippen LogP contribution in [0, 0.1) is 0 Å². The Kier molecular flexibility index (Phi) is 7.14. The molecule has 0 saturated heterocycles. The van der Waals surface area contributed by atoms with Gasteiger partial charge in [-0.25, -0.2) is 0 Å². The molecule has 2 aromatic carbocycles. The molecule has 1 amide bonds. The number of fused-ring (bicyclic) bond motifs is 2. The summed E-state index contributed by atoms with van der Waals surface area (Å²) in [4.78, 5) is 25.3. The molecule has 0 saturated carbocycles. The van der Waals surface area contributed by atoms with E-state index in [-0.39, 0.29) is 37.7 Å². The van der Waals surface area contributed by atoms with Crippen LogP contribution in [0.3, 0.4) is 0 Å². The number of ether oxygens (including phenoxy) is 3. The van der Waals surface area contributed by atoms with E-state index in [1.165, 1.54) is 0 Å². The Balaban J connectivity index is 1.43. The predicted molar refractivity (Wildman–Crippen MR) is 120 cm³/mol. The van der Waals surface area contributed by atoms with Crippen molar-refractivity contribution in [2.75, 3.05) is 31.9 Å². The van der Waals surface area contributed by atoms with Crippen LogP contribution in [-0.4, -0.2) is 44.4 Å². The smallest absolute Gasteiger partial charge is 0.335 e. The number of Topliss-reactive ketones (excluding diaryl/α,β-unsaturated/α-hetero) is 1. The first-order chi connectivity index (χ1) is 15.9. The highest BCUT2D eigenvalue weighted by molar-refractivity contribution is 7.53. The lowest BCUT2D eigenvalue weighted by atomic mass is 9.99. The minimum absolute atomic E-state index is 0.105. The Morgan fingerprint density at radius 2 is 1.76 bits per heavy atom. The van der Waals surface area contributed by atoms with Gasteiger partial charge in [0, 0.05) is 17.7 Å². The molecule has 10 heteroatoms. The Hall–Kier alpha value is -2.71. The van der Waals surface area contributed by atoms with Crippen LogP contribution >= 0.6 is 7.60 Å². The van der Waals surface area contributed by atoms with E-state index in [4.69, 9.17) is 23.3 Å². The lowest BCUT2D eigenvalue weighted by Crippen LogP contribution is -2.32. The summed E-state index contributed by atoms with van der Waals surface area (Å²) in [5.41, 5.74) is 2.47. The van der Waals surface area contributed by atoms with Crippen LogP contribution in [0.4, 0.5) is 5.69 Å². The van der Waals surface area contributed by atoms with Crippen molar-refractivity contribution < 1.29 is 37.4 Å². The van der Waals surface area contributed by atoms with Crippen molar-refractivity contribution in [3.63, 3.8) is 0 Å². The number of carbonyl (C=O) groups is 2. The number of rotatable bonds is 8. The lowest BCUT2D eigenvalue weighted by Gasteiger charge is -2.17. The average Bonchev–Trinajstić information content (AvgIpc) is 3.18. The summed E-state index contributed by atoms with van der Waals surface area (Å²) in [5.74, 6) is 0.490. The molecular weight excluding hydrogens is 449 g/mol. The predicted octanol–water partition coefficient (Wildman–Crippen LogP) is 3.94. The summed E-state index contributed by atoms with van der Waals surface area (Å²) < 4.78 is 39.7. The summed E-state index contributed by atoms with van der Waals surface area (Å²) in [6.07, 6.45) is -0.469. The van der Waals surface area contributed by atoms with Gasteiger partial charge in [0.25, 0.3) is 5.91 Å². The molecule has 4 rings (SSSR count). The highest BCUT2D eigenvalue weighted by atomic mass is 31.2. The van der Waals surface area contributed by atoms with Crippen LogP contribution in [0.25, 0.3) is 0 Å². The molecule has 2 aromatic rings. The SMILES string of the molecule is CCOP(=O)(Cc1ccc(NC(=O)C2Cc3cc4c(cc3C(=O)CO2)OCO4)cc1)OCC. The summed E-state index contributed by atoms with van der Waals surface area (Å²) in [7, 11) is -3.21. The molecule has 176 valence electrons. The number of nitrogens with one attached hydrogen (secondary N) is 1. The van der Waals surface area contributed by atoms with Gasteiger partial charge < -0.3 is 28.6 Å². The van der Waals surface area contributed by atoms with Crippen molar-refractivity contribution in [2.45, 2.75) is 32.5 Å². The third-order valence-corrected chi connectivity index (χ3v) is 7.32. The molecule has 0 radical (unpaired) electrons. The molecular formula is C23H26NO8P. The number of hydrogen-bond donors (Lipinski definition) is 1. The second-order valence-electron chi connectivity index (χ2n) is 7.58. The van der Waals surface area contributed by atoms with Gasteiger partial charge in [-0.3, -0.25) is 14.2 Å². The normalized spacial score (nSPS) is 17.4. The standard InChI is InChI=1S/C23H26NO8P/c1-3-31-33(27,32-4-2)13-15-5-7-17(8-6-15)24-23(26)22-10-16-9-20-21(30-14-29-20)11-18(16)19(25)12-28-22/h5-9,11,22H,3-4,10,12-14H2,1-2H3,(H,24,26). The van der Waals surface area contributed by atoms with Crippen molar-refractivity contribution in [3.8, 4) is 11.5 Å². The highest BCUT2D eigenvalue weighted by Crippen LogP contribution is 2.51. The number of benzene rings is 2. The Morgan fingerprint density at radius 3 is 2.42 bits per heavy atom. The van der Waals surface area contributed by atoms with E-state index in [1.807, 2.05) is 0 Å². The topological polar surface area (TPSA) is 109 Å². The first-order valence-corrected chi connectivity index (χ1v) is 12.5. The van der Waals surface area contributed by atoms with Gasteiger partial charge in [0.05, 0.1) is 19.4 Å². The zero-order chi connectivity index (χ0) is 23.4. The fourth-order valence-electron chi connectivity index (χ4n) is 3.76. The number of hydrogen-bond acceptors (Lipinski definition) is 8. The van der Waals surface area contributed by atoms with Gasteiger partial charge in [-0.2, -0.15) is 0 Å². The van der Waals surface area contributed by atoms with Gasteiger partial charge in [-0.05, 0) is 49.2 Å². The maximum Gasteiger partial charge on any atom is 0.335 e. The average molecular weight is 475 g/mol. The van der Waals surface area contributed by atoms with Crippen molar-refractivity contribution in [1.82, 2.24) is 0 Å². The van der Waals surface area contributed by atoms with Crippen LogP contribution in [0.5, 0.6) is 11.5 Å². The molecule has 0 spiro atoms. The maximum absolute atomic E-state index is 12.9. The molecule has 2 aliphatic heterocycles. The minimum atomic E-state index is -3.21. The summed E-state index contributed by atoms with van der Waals surface area (Å²) in [6, 6.07) is 10.3. The molecule has 1 N–H and O–H groups in total. The first-order valence-electron chi connectivity index (χ1n) is 10.8. The summed E-state index contributed by atoms with van der Waals surface area (Å²) >= 11 is 0. The maximum atomic E-state index is 12.9. The van der Waals surface area contributed by atoms with Gasteiger partial charge in [0.1, 0.15) is 12.7 Å². The monoisotopic (exact) mass is 475 g/mol. The molecule has 2 aliphatic rings. The quantitative estimate of drug-likeness (QED) is 0.572. The Morgan fingerprint density at radius 1 is 1.09 bits per heavy atom. The third-order valence-electron chi connectivity index (χ3n) is 5.26. The molecule has 2 heterocycles. The van der Waals surface area contributed by atoms with E-state index in [9.17, 15) is 14.2 Å². The number of amides is 1. The van der Waals surface area contributed by atoms with E-state index < -0.39 is 13.7 Å². The molecule has 0 aliphatic carbocycles. The van der Waals surface area contributed by atoms with E-state index in [2.05, 4.69) is 5.32 Å². The van der Waals surface area contributed by atoms with E-state index >= 15 is 0 Å². The molecule has 1 unspecified atom stereocenters. The second-order valence-corrected chi connectivity index (χ2v) is 9.63. The number of carbonyl (C=O) groups excluding carboxylic acids is 2. The van der Waals surface area contributed by atoms with Crippen LogP contribution < -0.4 is 14.8 Å². The van der Waals surface area contributed by atoms with Crippen LogP contribution in [-0.2, 0) is 35.7 Å². The molecule has 1 atom stereocenters. The minimum Gasteiger partial charge on any atom is -0.454 e. The zero-order valence-electron chi connectivity index (χ0n) is 18.5. The van der Waals surface area contributed by atoms with Gasteiger partial charge in [0.2, 0.25) is 6.79 Å². The van der Waals surface area contributed by atoms with Crippen molar-refractivity contribution >= 4 is 25.0 Å². The van der Waals surface area contributed by atoms with Crippen molar-refractivity contribution in [3.05, 3.63) is 53.1 Å². The zero-order valence-corrected chi connectivity index (χ0v) is 19.4. The molecule has 9 nitrogen and oxygen atoms in total. The summed E-state index contributed by atoms with van der Waals surface area (Å²) in [5, 5.41) is 2.82. The van der Waals surface area contributed by atoms with Crippen molar-refractivity contribution in [1.29, 1.82) is 0 Å². The highest BCUT2D eigenvalue weighted by Gasteiger charge is 2.30. The van der Waals surface area contributed by atoms with Crippen LogP contribution in [0.15, 0.2) is 36.4 Å². The molecule has 33 heavy (non-hydrogen) atoms. The molecule has 0 bridgehead atoms. The number of anilines is 1. The first kappa shape index (κ1) is 23.4. The fourth-order valence-corrected chi connectivity index (χ4v) is 5.46. The van der Waals surface area contributed by atoms with Gasteiger partial charge in [0.15, 0.2) is 17.3 Å². The van der Waals surface area contributed by atoms with Crippen LogP contribution in [0.1, 0.15) is 35.3 Å². The third kappa shape index (κ3) is 5.45. The summed E-state index contributed by atoms with van der Waals surface area (Å²) in [6.45, 7) is 4.02. The van der Waals surface area contributed by atoms with Crippen molar-refractivity contribution in [2.24, 2.45) is 0 Å². The fraction of sp³-hybridized carbons (Fsp3) is 0.391. The van der Waals surface area contributed by atoms with Crippen LogP contribution in [0.2, 0.25) is 0 Å². The molecule has 0 fully saturated rings. The van der Waals surface area contributed by atoms with E-state index in [0.29, 0.717) is 41.5 Å². The Bertz CT molecular complexity index is 1070. The van der Waals surface area contributed by atoms with E-state index in [0.717, 1.165) is 5.56 Å². The van der Waals surface area contributed by atoms with Gasteiger partial charge in [-0.15, -0.1) is 0 Å². The van der Waals surface area contributed by atoms with Gasteiger partial charge in [-0.1, -0.05) is 12.1 Å². The van der Waals surface area contributed by atoms with E-state index in [1.54, 1.807) is 50.2 Å². The van der Waals surface area contributed by atoms with Gasteiger partial charge >= 0.3 is 7.60 Å². The number of ketones is 1. The molecule has 0 aromatic heterocycles. The Labute approximate surface area is 191 Å².